The van der Waals surface area contributed by atoms with Crippen LogP contribution in [0.1, 0.15) is 0 Å². The largest absolute Gasteiger partial charge is 0.494 e. The summed E-state index contributed by atoms with van der Waals surface area (Å²) in [6.07, 6.45) is 0. The molecular weight excluding hydrogens is 269 g/mol. The Morgan fingerprint density at radius 1 is 1.11 bits per heavy atom. The number of nitrogens with one attached hydrogen (secondary N) is 1. The van der Waals surface area contributed by atoms with E-state index in [-0.39, 0.29) is 21.2 Å². The summed E-state index contributed by atoms with van der Waals surface area (Å²) in [5, 5.41) is 2.91. The average molecular weight is 279 g/mol. The molecule has 0 aromatic heterocycles. The van der Waals surface area contributed by atoms with Gasteiger partial charge in [0.2, 0.25) is 9.84 Å². The highest BCUT2D eigenvalue weighted by Gasteiger charge is 2.33. The Morgan fingerprint density at radius 3 is 2.58 bits per heavy atom. The van der Waals surface area contributed by atoms with Gasteiger partial charge in [0.1, 0.15) is 4.90 Å². The first-order valence-corrected chi connectivity index (χ1v) is 7.01. The molecule has 2 aromatic carbocycles. The van der Waals surface area contributed by atoms with Crippen molar-refractivity contribution in [2.75, 3.05) is 12.4 Å². The van der Waals surface area contributed by atoms with Crippen LogP contribution < -0.4 is 10.1 Å². The highest BCUT2D eigenvalue weighted by molar-refractivity contribution is 7.92. The molecule has 0 saturated heterocycles. The molecule has 0 spiro atoms. The normalized spacial score (nSPS) is 15.1. The Balaban J connectivity index is 2.36. The SMILES string of the molecule is COc1ccc2c(c1F)S(=O)(=O)c1ccccc1N2. The monoisotopic (exact) mass is 279 g/mol. The van der Waals surface area contributed by atoms with Crippen molar-refractivity contribution in [3.05, 3.63) is 42.2 Å². The van der Waals surface area contributed by atoms with E-state index in [0.717, 1.165) is 0 Å². The van der Waals surface area contributed by atoms with Crippen molar-refractivity contribution in [3.63, 3.8) is 0 Å². The van der Waals surface area contributed by atoms with E-state index in [1.165, 1.54) is 25.3 Å². The van der Waals surface area contributed by atoms with Gasteiger partial charge in [0.25, 0.3) is 0 Å². The molecule has 0 aliphatic carbocycles. The zero-order valence-electron chi connectivity index (χ0n) is 9.98. The van der Waals surface area contributed by atoms with Crippen LogP contribution in [-0.2, 0) is 9.84 Å². The van der Waals surface area contributed by atoms with Crippen LogP contribution in [0, 0.1) is 5.82 Å². The standard InChI is InChI=1S/C13H10FNO3S/c1-18-10-7-6-9-13(12(10)14)19(16,17)11-5-3-2-4-8(11)15-9/h2-7,15H,1H3. The molecule has 1 N–H and O–H groups in total. The minimum Gasteiger partial charge on any atom is -0.494 e. The van der Waals surface area contributed by atoms with Gasteiger partial charge in [0.15, 0.2) is 11.6 Å². The maximum atomic E-state index is 14.2. The smallest absolute Gasteiger partial charge is 0.213 e. The van der Waals surface area contributed by atoms with Crippen LogP contribution in [0.5, 0.6) is 5.75 Å². The summed E-state index contributed by atoms with van der Waals surface area (Å²) < 4.78 is 43.9. The second-order valence-electron chi connectivity index (χ2n) is 4.08. The molecule has 6 heteroatoms. The number of rotatable bonds is 1. The molecule has 0 saturated carbocycles. The van der Waals surface area contributed by atoms with Gasteiger partial charge in [0, 0.05) is 0 Å². The van der Waals surface area contributed by atoms with Gasteiger partial charge in [-0.3, -0.25) is 0 Å². The zero-order chi connectivity index (χ0) is 13.6. The Labute approximate surface area is 109 Å². The van der Waals surface area contributed by atoms with Crippen LogP contribution in [-0.4, -0.2) is 15.5 Å². The van der Waals surface area contributed by atoms with E-state index in [0.29, 0.717) is 5.69 Å². The van der Waals surface area contributed by atoms with Gasteiger partial charge < -0.3 is 10.1 Å². The lowest BCUT2D eigenvalue weighted by molar-refractivity contribution is 0.381. The molecule has 0 unspecified atom stereocenters. The molecule has 98 valence electrons. The number of hydrogen-bond donors (Lipinski definition) is 1. The topological polar surface area (TPSA) is 55.4 Å². The number of methoxy groups -OCH3 is 1. The van der Waals surface area contributed by atoms with Gasteiger partial charge in [0.05, 0.1) is 23.4 Å². The maximum Gasteiger partial charge on any atom is 0.213 e. The first kappa shape index (κ1) is 12.0. The van der Waals surface area contributed by atoms with Crippen LogP contribution in [0.2, 0.25) is 0 Å². The number of anilines is 2. The molecule has 0 bridgehead atoms. The third-order valence-electron chi connectivity index (χ3n) is 3.00. The Bertz CT molecular complexity index is 771. The zero-order valence-corrected chi connectivity index (χ0v) is 10.8. The maximum absolute atomic E-state index is 14.2. The molecule has 2 aromatic rings. The Hall–Kier alpha value is -2.08. The minimum atomic E-state index is -3.88. The number of halogens is 1. The van der Waals surface area contributed by atoms with E-state index >= 15 is 0 Å². The summed E-state index contributed by atoms with van der Waals surface area (Å²) >= 11 is 0. The third-order valence-corrected chi connectivity index (χ3v) is 4.87. The molecule has 1 heterocycles. The molecule has 19 heavy (non-hydrogen) atoms. The lowest BCUT2D eigenvalue weighted by Crippen LogP contribution is -2.15. The number of hydrogen-bond acceptors (Lipinski definition) is 4. The number of benzene rings is 2. The highest BCUT2D eigenvalue weighted by Crippen LogP contribution is 2.42. The quantitative estimate of drug-likeness (QED) is 0.744. The lowest BCUT2D eigenvalue weighted by atomic mass is 10.2. The van der Waals surface area contributed by atoms with Crippen LogP contribution in [0.4, 0.5) is 15.8 Å². The van der Waals surface area contributed by atoms with Crippen LogP contribution in [0.15, 0.2) is 46.2 Å². The number of sulfone groups is 1. The summed E-state index contributed by atoms with van der Waals surface area (Å²) in [6.45, 7) is 0. The van der Waals surface area contributed by atoms with Gasteiger partial charge in [-0.2, -0.15) is 0 Å². The molecule has 0 atom stereocenters. The van der Waals surface area contributed by atoms with E-state index in [1.54, 1.807) is 18.2 Å². The van der Waals surface area contributed by atoms with Crippen molar-refractivity contribution in [2.45, 2.75) is 9.79 Å². The van der Waals surface area contributed by atoms with Crippen molar-refractivity contribution >= 4 is 21.2 Å². The Morgan fingerprint density at radius 2 is 1.84 bits per heavy atom. The molecule has 3 rings (SSSR count). The fourth-order valence-corrected chi connectivity index (χ4v) is 3.75. The molecule has 0 amide bonds. The first-order valence-electron chi connectivity index (χ1n) is 5.53. The summed E-state index contributed by atoms with van der Waals surface area (Å²) in [5.74, 6) is -0.967. The van der Waals surface area contributed by atoms with Crippen molar-refractivity contribution in [2.24, 2.45) is 0 Å². The van der Waals surface area contributed by atoms with Gasteiger partial charge in [-0.15, -0.1) is 0 Å². The summed E-state index contributed by atoms with van der Waals surface area (Å²) in [7, 11) is -2.59. The van der Waals surface area contributed by atoms with Gasteiger partial charge in [-0.05, 0) is 24.3 Å². The number of para-hydroxylation sites is 1. The number of ether oxygens (including phenoxy) is 1. The molecule has 1 aliphatic heterocycles. The lowest BCUT2D eigenvalue weighted by Gasteiger charge is -2.22. The van der Waals surface area contributed by atoms with Gasteiger partial charge in [-0.1, -0.05) is 12.1 Å². The van der Waals surface area contributed by atoms with Crippen molar-refractivity contribution < 1.29 is 17.5 Å². The summed E-state index contributed by atoms with van der Waals surface area (Å²) in [4.78, 5) is -0.305. The third kappa shape index (κ3) is 1.60. The molecule has 1 aliphatic rings. The highest BCUT2D eigenvalue weighted by atomic mass is 32.2. The fourth-order valence-electron chi connectivity index (χ4n) is 2.12. The second kappa shape index (κ2) is 3.96. The summed E-state index contributed by atoms with van der Waals surface area (Å²) in [6, 6.07) is 9.28. The van der Waals surface area contributed by atoms with Gasteiger partial charge >= 0.3 is 0 Å². The molecular formula is C13H10FNO3S. The van der Waals surface area contributed by atoms with Crippen LogP contribution in [0.3, 0.4) is 0 Å². The predicted octanol–water partition coefficient (Wildman–Crippen LogP) is 2.72. The average Bonchev–Trinajstić information content (AvgIpc) is 2.38. The van der Waals surface area contributed by atoms with E-state index in [2.05, 4.69) is 5.32 Å². The Kier molecular flexibility index (Phi) is 2.50. The van der Waals surface area contributed by atoms with E-state index in [9.17, 15) is 12.8 Å². The first-order chi connectivity index (χ1) is 9.05. The van der Waals surface area contributed by atoms with Crippen LogP contribution >= 0.6 is 0 Å². The van der Waals surface area contributed by atoms with E-state index in [1.807, 2.05) is 0 Å². The molecule has 4 nitrogen and oxygen atoms in total. The fraction of sp³-hybridized carbons (Fsp3) is 0.0769. The van der Waals surface area contributed by atoms with Crippen molar-refractivity contribution in [1.82, 2.24) is 0 Å². The van der Waals surface area contributed by atoms with E-state index in [4.69, 9.17) is 4.74 Å². The van der Waals surface area contributed by atoms with Crippen molar-refractivity contribution in [3.8, 4) is 5.75 Å². The molecule has 0 radical (unpaired) electrons. The van der Waals surface area contributed by atoms with Crippen LogP contribution in [0.25, 0.3) is 0 Å². The van der Waals surface area contributed by atoms with Crippen molar-refractivity contribution in [1.29, 1.82) is 0 Å². The second-order valence-corrected chi connectivity index (χ2v) is 5.94. The summed E-state index contributed by atoms with van der Waals surface area (Å²) in [5.41, 5.74) is 0.663. The number of fused-ring (bicyclic) bond motifs is 2. The molecule has 0 fully saturated rings. The van der Waals surface area contributed by atoms with E-state index < -0.39 is 15.7 Å². The van der Waals surface area contributed by atoms with Gasteiger partial charge in [-0.25, -0.2) is 12.8 Å². The minimum absolute atomic E-state index is 0.0645. The predicted molar refractivity (Wildman–Crippen MR) is 68.1 cm³/mol.